The molecule has 0 heterocycles. The number of ether oxygens (including phenoxy) is 1. The smallest absolute Gasteiger partial charge is 0.222 e. The van der Waals surface area contributed by atoms with Crippen LogP contribution in [0.2, 0.25) is 0 Å². The van der Waals surface area contributed by atoms with Crippen LogP contribution in [-0.2, 0) is 9.53 Å². The number of nitrogens with two attached hydrogens (primary N) is 1. The summed E-state index contributed by atoms with van der Waals surface area (Å²) in [5.41, 5.74) is 4.90. The van der Waals surface area contributed by atoms with Gasteiger partial charge in [-0.2, -0.15) is 0 Å². The molecule has 0 radical (unpaired) electrons. The Morgan fingerprint density at radius 1 is 1.88 bits per heavy atom. The number of rotatable bonds is 3. The normalized spacial score (nSPS) is 13.2. The SMILES string of the molecule is COCC(C)C(N)=O. The average molecular weight is 117 g/mol. The Hall–Kier alpha value is -0.570. The van der Waals surface area contributed by atoms with Gasteiger partial charge in [0.1, 0.15) is 0 Å². The molecule has 0 saturated carbocycles. The zero-order chi connectivity index (χ0) is 6.57. The highest BCUT2D eigenvalue weighted by Gasteiger charge is 2.05. The molecule has 48 valence electrons. The van der Waals surface area contributed by atoms with E-state index < -0.39 is 0 Å². The van der Waals surface area contributed by atoms with E-state index in [1.165, 1.54) is 0 Å². The van der Waals surface area contributed by atoms with E-state index in [0.29, 0.717) is 6.61 Å². The van der Waals surface area contributed by atoms with Crippen LogP contribution in [0.5, 0.6) is 0 Å². The van der Waals surface area contributed by atoms with Crippen LogP contribution in [0.3, 0.4) is 0 Å². The van der Waals surface area contributed by atoms with E-state index in [2.05, 4.69) is 4.74 Å². The summed E-state index contributed by atoms with van der Waals surface area (Å²) in [5.74, 6) is -0.480. The van der Waals surface area contributed by atoms with Crippen LogP contribution in [0, 0.1) is 5.92 Å². The van der Waals surface area contributed by atoms with E-state index in [1.807, 2.05) is 0 Å². The molecule has 0 aromatic heterocycles. The second-order valence-electron chi connectivity index (χ2n) is 1.76. The van der Waals surface area contributed by atoms with Crippen molar-refractivity contribution in [3.8, 4) is 0 Å². The van der Waals surface area contributed by atoms with Crippen LogP contribution >= 0.6 is 0 Å². The topological polar surface area (TPSA) is 52.3 Å². The van der Waals surface area contributed by atoms with Gasteiger partial charge in [-0.05, 0) is 0 Å². The van der Waals surface area contributed by atoms with Crippen molar-refractivity contribution in [1.82, 2.24) is 0 Å². The first-order valence-corrected chi connectivity index (χ1v) is 2.46. The molecule has 0 aromatic carbocycles. The highest BCUT2D eigenvalue weighted by atomic mass is 16.5. The quantitative estimate of drug-likeness (QED) is 0.554. The molecule has 1 amide bonds. The van der Waals surface area contributed by atoms with Gasteiger partial charge in [0, 0.05) is 7.11 Å². The third-order valence-electron chi connectivity index (χ3n) is 0.902. The predicted molar refractivity (Wildman–Crippen MR) is 30.2 cm³/mol. The number of carbonyl (C=O) groups excluding carboxylic acids is 1. The van der Waals surface area contributed by atoms with Crippen LogP contribution < -0.4 is 5.73 Å². The minimum atomic E-state index is -0.313. The molecule has 0 aliphatic carbocycles. The lowest BCUT2D eigenvalue weighted by molar-refractivity contribution is -0.122. The lowest BCUT2D eigenvalue weighted by atomic mass is 10.2. The van der Waals surface area contributed by atoms with Crippen molar-refractivity contribution in [2.24, 2.45) is 11.7 Å². The number of methoxy groups -OCH3 is 1. The second kappa shape index (κ2) is 3.43. The Morgan fingerprint density at radius 2 is 2.38 bits per heavy atom. The Morgan fingerprint density at radius 3 is 2.50 bits per heavy atom. The van der Waals surface area contributed by atoms with Gasteiger partial charge in [0.15, 0.2) is 0 Å². The van der Waals surface area contributed by atoms with Gasteiger partial charge in [-0.25, -0.2) is 0 Å². The monoisotopic (exact) mass is 117 g/mol. The molecule has 0 rings (SSSR count). The maximum atomic E-state index is 10.2. The van der Waals surface area contributed by atoms with Crippen LogP contribution in [0.1, 0.15) is 6.92 Å². The minimum absolute atomic E-state index is 0.167. The maximum absolute atomic E-state index is 10.2. The van der Waals surface area contributed by atoms with E-state index in [1.54, 1.807) is 14.0 Å². The number of carbonyl (C=O) groups is 1. The van der Waals surface area contributed by atoms with Crippen molar-refractivity contribution < 1.29 is 9.53 Å². The van der Waals surface area contributed by atoms with Crippen molar-refractivity contribution >= 4 is 5.91 Å². The van der Waals surface area contributed by atoms with E-state index >= 15 is 0 Å². The molecule has 8 heavy (non-hydrogen) atoms. The standard InChI is InChI=1S/C5H11NO2/c1-4(3-8-2)5(6)7/h4H,3H2,1-2H3,(H2,6,7). The number of hydrogen-bond acceptors (Lipinski definition) is 2. The molecule has 1 atom stereocenters. The maximum Gasteiger partial charge on any atom is 0.222 e. The molecular weight excluding hydrogens is 106 g/mol. The summed E-state index contributed by atoms with van der Waals surface area (Å²) in [6.07, 6.45) is 0. The van der Waals surface area contributed by atoms with Crippen molar-refractivity contribution in [1.29, 1.82) is 0 Å². The average Bonchev–Trinajstić information content (AvgIpc) is 1.67. The Bertz CT molecular complexity index is 82.5. The molecule has 2 N–H and O–H groups in total. The number of primary amides is 1. The van der Waals surface area contributed by atoms with Gasteiger partial charge in [0.25, 0.3) is 0 Å². The number of amides is 1. The van der Waals surface area contributed by atoms with Gasteiger partial charge in [-0.3, -0.25) is 4.79 Å². The van der Waals surface area contributed by atoms with Crippen molar-refractivity contribution in [3.05, 3.63) is 0 Å². The summed E-state index contributed by atoms with van der Waals surface area (Å²) in [6, 6.07) is 0. The summed E-state index contributed by atoms with van der Waals surface area (Å²) < 4.78 is 4.66. The molecule has 0 aliphatic heterocycles. The van der Waals surface area contributed by atoms with Crippen LogP contribution in [0.4, 0.5) is 0 Å². The first-order chi connectivity index (χ1) is 3.68. The molecule has 0 bridgehead atoms. The first-order valence-electron chi connectivity index (χ1n) is 2.46. The fraction of sp³-hybridized carbons (Fsp3) is 0.800. The fourth-order valence-corrected chi connectivity index (χ4v) is 0.332. The minimum Gasteiger partial charge on any atom is -0.384 e. The van der Waals surface area contributed by atoms with E-state index in [9.17, 15) is 4.79 Å². The molecule has 1 unspecified atom stereocenters. The summed E-state index contributed by atoms with van der Waals surface area (Å²) in [7, 11) is 1.54. The predicted octanol–water partition coefficient (Wildman–Crippen LogP) is -0.246. The summed E-state index contributed by atoms with van der Waals surface area (Å²) in [6.45, 7) is 2.14. The largest absolute Gasteiger partial charge is 0.384 e. The van der Waals surface area contributed by atoms with Gasteiger partial charge in [-0.15, -0.1) is 0 Å². The van der Waals surface area contributed by atoms with E-state index in [4.69, 9.17) is 5.73 Å². The lowest BCUT2D eigenvalue weighted by Gasteiger charge is -2.02. The third-order valence-corrected chi connectivity index (χ3v) is 0.902. The first kappa shape index (κ1) is 7.43. The molecule has 0 aliphatic rings. The van der Waals surface area contributed by atoms with Crippen molar-refractivity contribution in [3.63, 3.8) is 0 Å². The van der Waals surface area contributed by atoms with Gasteiger partial charge < -0.3 is 10.5 Å². The summed E-state index contributed by atoms with van der Waals surface area (Å²) in [4.78, 5) is 10.2. The second-order valence-corrected chi connectivity index (χ2v) is 1.76. The Kier molecular flexibility index (Phi) is 3.19. The Labute approximate surface area is 48.8 Å². The van der Waals surface area contributed by atoms with Crippen molar-refractivity contribution in [2.75, 3.05) is 13.7 Å². The van der Waals surface area contributed by atoms with E-state index in [-0.39, 0.29) is 11.8 Å². The zero-order valence-corrected chi connectivity index (χ0v) is 5.18. The zero-order valence-electron chi connectivity index (χ0n) is 5.18. The van der Waals surface area contributed by atoms with Gasteiger partial charge in [0.05, 0.1) is 12.5 Å². The summed E-state index contributed by atoms with van der Waals surface area (Å²) in [5, 5.41) is 0. The molecule has 3 nitrogen and oxygen atoms in total. The molecule has 0 fully saturated rings. The van der Waals surface area contributed by atoms with Gasteiger partial charge in [-0.1, -0.05) is 6.92 Å². The highest BCUT2D eigenvalue weighted by Crippen LogP contribution is 1.90. The van der Waals surface area contributed by atoms with E-state index in [0.717, 1.165) is 0 Å². The lowest BCUT2D eigenvalue weighted by Crippen LogP contribution is -2.23. The van der Waals surface area contributed by atoms with Crippen LogP contribution in [0.25, 0.3) is 0 Å². The molecule has 0 spiro atoms. The van der Waals surface area contributed by atoms with Crippen LogP contribution in [0.15, 0.2) is 0 Å². The van der Waals surface area contributed by atoms with Crippen LogP contribution in [-0.4, -0.2) is 19.6 Å². The molecule has 0 saturated heterocycles. The van der Waals surface area contributed by atoms with Gasteiger partial charge in [0.2, 0.25) is 5.91 Å². The highest BCUT2D eigenvalue weighted by molar-refractivity contribution is 5.76. The molecule has 3 heteroatoms. The molecule has 0 aromatic rings. The molecular formula is C5H11NO2. The van der Waals surface area contributed by atoms with Crippen molar-refractivity contribution in [2.45, 2.75) is 6.92 Å². The Balaban J connectivity index is 3.32. The number of hydrogen-bond donors (Lipinski definition) is 1. The summed E-state index contributed by atoms with van der Waals surface area (Å²) >= 11 is 0. The third kappa shape index (κ3) is 2.58. The fourth-order valence-electron chi connectivity index (χ4n) is 0.332. The van der Waals surface area contributed by atoms with Gasteiger partial charge >= 0.3 is 0 Å².